The minimum atomic E-state index is -0.0819. The number of aromatic nitrogens is 2. The van der Waals surface area contributed by atoms with Crippen LogP contribution in [0.5, 0.6) is 0 Å². The molecule has 0 spiro atoms. The molecule has 0 bridgehead atoms. The van der Waals surface area contributed by atoms with Gasteiger partial charge in [-0.25, -0.2) is 4.98 Å². The van der Waals surface area contributed by atoms with Crippen LogP contribution in [0.4, 0.5) is 17.5 Å². The molecule has 0 saturated heterocycles. The molecule has 118 valence electrons. The van der Waals surface area contributed by atoms with E-state index < -0.39 is 0 Å². The molecule has 5 nitrogen and oxygen atoms in total. The number of anilines is 3. The fourth-order valence-corrected chi connectivity index (χ4v) is 2.77. The molecule has 22 heavy (non-hydrogen) atoms. The number of aliphatic hydroxyl groups is 1. The number of halogens is 1. The molecule has 0 aliphatic carbocycles. The average molecular weight is 383 g/mol. The molecular weight excluding hydrogens is 364 g/mol. The largest absolute Gasteiger partial charge is 0.394 e. The van der Waals surface area contributed by atoms with Gasteiger partial charge in [0.1, 0.15) is 5.82 Å². The Morgan fingerprint density at radius 2 is 2.18 bits per heavy atom. The molecule has 3 N–H and O–H groups in total. The van der Waals surface area contributed by atoms with Crippen molar-refractivity contribution in [3.8, 4) is 0 Å². The molecule has 1 atom stereocenters. The molecule has 0 aliphatic heterocycles. The van der Waals surface area contributed by atoms with E-state index in [0.29, 0.717) is 11.8 Å². The van der Waals surface area contributed by atoms with Crippen molar-refractivity contribution in [3.63, 3.8) is 0 Å². The Balaban J connectivity index is 2.21. The second-order valence-corrected chi connectivity index (χ2v) is 6.63. The molecule has 1 unspecified atom stereocenters. The summed E-state index contributed by atoms with van der Waals surface area (Å²) in [5.74, 6) is 1.16. The number of hydrogen-bond donors (Lipinski definition) is 3. The first-order valence-corrected chi connectivity index (χ1v) is 8.87. The van der Waals surface area contributed by atoms with Crippen molar-refractivity contribution in [2.45, 2.75) is 24.8 Å². The molecular formula is C15H19BrN4OS. The smallest absolute Gasteiger partial charge is 0.229 e. The van der Waals surface area contributed by atoms with Crippen LogP contribution in [-0.4, -0.2) is 34.0 Å². The molecule has 1 heterocycles. The molecule has 1 aromatic heterocycles. The third-order valence-electron chi connectivity index (χ3n) is 3.07. The van der Waals surface area contributed by atoms with Crippen molar-refractivity contribution in [2.24, 2.45) is 0 Å². The normalized spacial score (nSPS) is 12.0. The van der Waals surface area contributed by atoms with Crippen LogP contribution >= 0.6 is 27.7 Å². The molecule has 0 radical (unpaired) electrons. The predicted octanol–water partition coefficient (Wildman–Crippen LogP) is 3.81. The molecule has 0 saturated carbocycles. The number of rotatable bonds is 6. The monoisotopic (exact) mass is 382 g/mol. The Bertz CT molecular complexity index is 653. The van der Waals surface area contributed by atoms with E-state index in [4.69, 9.17) is 5.11 Å². The molecule has 0 aliphatic rings. The number of aryl methyl sites for hydroxylation is 1. The zero-order valence-corrected chi connectivity index (χ0v) is 15.1. The Morgan fingerprint density at radius 3 is 2.86 bits per heavy atom. The predicted molar refractivity (Wildman–Crippen MR) is 96.1 cm³/mol. The number of nitrogens with zero attached hydrogens (tertiary/aromatic N) is 2. The second kappa shape index (κ2) is 7.80. The first-order chi connectivity index (χ1) is 10.5. The van der Waals surface area contributed by atoms with Gasteiger partial charge in [-0.2, -0.15) is 4.98 Å². The highest BCUT2D eigenvalue weighted by atomic mass is 79.9. The van der Waals surface area contributed by atoms with E-state index in [9.17, 15) is 0 Å². The van der Waals surface area contributed by atoms with E-state index in [1.54, 1.807) is 18.0 Å². The van der Waals surface area contributed by atoms with Gasteiger partial charge in [0.25, 0.3) is 0 Å². The van der Waals surface area contributed by atoms with Crippen LogP contribution in [0.25, 0.3) is 0 Å². The van der Waals surface area contributed by atoms with Crippen LogP contribution in [-0.2, 0) is 0 Å². The molecule has 7 heteroatoms. The van der Waals surface area contributed by atoms with Gasteiger partial charge in [0, 0.05) is 22.8 Å². The lowest BCUT2D eigenvalue weighted by molar-refractivity contribution is 0.281. The van der Waals surface area contributed by atoms with Crippen LogP contribution in [0.2, 0.25) is 0 Å². The summed E-state index contributed by atoms with van der Waals surface area (Å²) < 4.78 is 0.757. The van der Waals surface area contributed by atoms with Crippen molar-refractivity contribution in [1.82, 2.24) is 9.97 Å². The van der Waals surface area contributed by atoms with Gasteiger partial charge >= 0.3 is 0 Å². The summed E-state index contributed by atoms with van der Waals surface area (Å²) in [4.78, 5) is 9.92. The zero-order valence-electron chi connectivity index (χ0n) is 12.7. The standard InChI is InChI=1S/C15H19BrN4OS/c1-9-4-5-11(6-13(9)22-3)19-15-17-7-12(16)14(20-15)18-10(2)8-21/h4-7,10,21H,8H2,1-3H3,(H2,17,18,19,20). The summed E-state index contributed by atoms with van der Waals surface area (Å²) in [6, 6.07) is 6.07. The van der Waals surface area contributed by atoms with Crippen molar-refractivity contribution in [1.29, 1.82) is 0 Å². The highest BCUT2D eigenvalue weighted by molar-refractivity contribution is 9.10. The first kappa shape index (κ1) is 17.1. The number of benzene rings is 1. The fourth-order valence-electron chi connectivity index (χ4n) is 1.83. The Morgan fingerprint density at radius 1 is 1.41 bits per heavy atom. The van der Waals surface area contributed by atoms with E-state index in [1.165, 1.54) is 10.5 Å². The van der Waals surface area contributed by atoms with Crippen molar-refractivity contribution in [2.75, 3.05) is 23.5 Å². The molecule has 1 aromatic carbocycles. The third-order valence-corrected chi connectivity index (χ3v) is 4.53. The number of thioether (sulfide) groups is 1. The lowest BCUT2D eigenvalue weighted by Gasteiger charge is -2.14. The summed E-state index contributed by atoms with van der Waals surface area (Å²) >= 11 is 5.11. The number of aliphatic hydroxyl groups excluding tert-OH is 1. The van der Waals surface area contributed by atoms with Crippen LogP contribution < -0.4 is 10.6 Å². The van der Waals surface area contributed by atoms with Crippen molar-refractivity contribution >= 4 is 45.1 Å². The first-order valence-electron chi connectivity index (χ1n) is 6.85. The number of hydrogen-bond acceptors (Lipinski definition) is 6. The Labute approximate surface area is 143 Å². The molecule has 0 amide bonds. The van der Waals surface area contributed by atoms with Gasteiger partial charge in [-0.05, 0) is 53.7 Å². The quantitative estimate of drug-likeness (QED) is 0.659. The minimum absolute atomic E-state index is 0.0360. The fraction of sp³-hybridized carbons (Fsp3) is 0.333. The lowest BCUT2D eigenvalue weighted by atomic mass is 10.2. The topological polar surface area (TPSA) is 70.1 Å². The van der Waals surface area contributed by atoms with Gasteiger partial charge < -0.3 is 15.7 Å². The summed E-state index contributed by atoms with van der Waals surface area (Å²) in [5, 5.41) is 15.5. The van der Waals surface area contributed by atoms with Gasteiger partial charge in [0.05, 0.1) is 11.1 Å². The lowest BCUT2D eigenvalue weighted by Crippen LogP contribution is -2.20. The van der Waals surface area contributed by atoms with Gasteiger partial charge in [-0.1, -0.05) is 6.07 Å². The molecule has 0 fully saturated rings. The van der Waals surface area contributed by atoms with Gasteiger partial charge in [0.2, 0.25) is 5.95 Å². The highest BCUT2D eigenvalue weighted by Gasteiger charge is 2.09. The van der Waals surface area contributed by atoms with Crippen molar-refractivity contribution in [3.05, 3.63) is 34.4 Å². The summed E-state index contributed by atoms with van der Waals surface area (Å²) in [7, 11) is 0. The van der Waals surface area contributed by atoms with Gasteiger partial charge in [-0.15, -0.1) is 11.8 Å². The van der Waals surface area contributed by atoms with Crippen LogP contribution in [0.15, 0.2) is 33.8 Å². The highest BCUT2D eigenvalue weighted by Crippen LogP contribution is 2.26. The maximum atomic E-state index is 9.14. The summed E-state index contributed by atoms with van der Waals surface area (Å²) in [5.41, 5.74) is 2.19. The zero-order chi connectivity index (χ0) is 16.1. The maximum absolute atomic E-state index is 9.14. The minimum Gasteiger partial charge on any atom is -0.394 e. The summed E-state index contributed by atoms with van der Waals surface area (Å²) in [6.45, 7) is 4.00. The van der Waals surface area contributed by atoms with E-state index in [2.05, 4.69) is 61.8 Å². The van der Waals surface area contributed by atoms with Crippen molar-refractivity contribution < 1.29 is 5.11 Å². The second-order valence-electron chi connectivity index (χ2n) is 4.93. The average Bonchev–Trinajstić information content (AvgIpc) is 2.52. The Kier molecular flexibility index (Phi) is 6.05. The van der Waals surface area contributed by atoms with E-state index in [1.807, 2.05) is 13.0 Å². The van der Waals surface area contributed by atoms with E-state index in [0.717, 1.165) is 10.2 Å². The van der Waals surface area contributed by atoms with E-state index >= 15 is 0 Å². The van der Waals surface area contributed by atoms with Crippen LogP contribution in [0.1, 0.15) is 12.5 Å². The maximum Gasteiger partial charge on any atom is 0.229 e. The molecule has 2 rings (SSSR count). The Hall–Kier alpha value is -1.31. The van der Waals surface area contributed by atoms with Gasteiger partial charge in [-0.3, -0.25) is 0 Å². The van der Waals surface area contributed by atoms with Crippen LogP contribution in [0.3, 0.4) is 0 Å². The number of nitrogens with one attached hydrogen (secondary N) is 2. The SMILES string of the molecule is CSc1cc(Nc2ncc(Br)c(NC(C)CO)n2)ccc1C. The van der Waals surface area contributed by atoms with E-state index in [-0.39, 0.29) is 12.6 Å². The van der Waals surface area contributed by atoms with Crippen LogP contribution in [0, 0.1) is 6.92 Å². The molecule has 2 aromatic rings. The third kappa shape index (κ3) is 4.34. The summed E-state index contributed by atoms with van der Waals surface area (Å²) in [6.07, 6.45) is 3.74. The van der Waals surface area contributed by atoms with Gasteiger partial charge in [0.15, 0.2) is 0 Å².